The molecule has 314 valence electrons. The molecule has 0 amide bonds. The smallest absolute Gasteiger partial charge is 0.457 e. The van der Waals surface area contributed by atoms with Gasteiger partial charge in [0.2, 0.25) is 0 Å². The van der Waals surface area contributed by atoms with Gasteiger partial charge in [-0.2, -0.15) is 0 Å². The molecular formula is C41H73O12P. The van der Waals surface area contributed by atoms with Gasteiger partial charge < -0.3 is 39.9 Å². The van der Waals surface area contributed by atoms with Gasteiger partial charge in [0, 0.05) is 13.0 Å². The van der Waals surface area contributed by atoms with E-state index in [0.29, 0.717) is 19.4 Å². The third kappa shape index (κ3) is 24.7. The van der Waals surface area contributed by atoms with Crippen molar-refractivity contribution in [3.63, 3.8) is 0 Å². The molecule has 1 aliphatic rings. The lowest BCUT2D eigenvalue weighted by Gasteiger charge is -2.41. The highest BCUT2D eigenvalue weighted by Crippen LogP contribution is 2.47. The number of aliphatic hydroxyl groups excluding tert-OH is 5. The second-order valence-corrected chi connectivity index (χ2v) is 15.5. The van der Waals surface area contributed by atoms with Crippen molar-refractivity contribution in [2.24, 2.45) is 0 Å². The minimum atomic E-state index is -5.02. The predicted molar refractivity (Wildman–Crippen MR) is 212 cm³/mol. The highest BCUT2D eigenvalue weighted by Gasteiger charge is 2.51. The summed E-state index contributed by atoms with van der Waals surface area (Å²) in [6.45, 7) is 3.98. The maximum Gasteiger partial charge on any atom is 0.472 e. The molecule has 0 saturated heterocycles. The monoisotopic (exact) mass is 788 g/mol. The minimum Gasteiger partial charge on any atom is -0.457 e. The summed E-state index contributed by atoms with van der Waals surface area (Å²) >= 11 is 0. The molecule has 1 aliphatic carbocycles. The molecule has 6 atom stereocenters. The van der Waals surface area contributed by atoms with Crippen LogP contribution in [0.15, 0.2) is 48.6 Å². The number of hydrogen-bond acceptors (Lipinski definition) is 11. The van der Waals surface area contributed by atoms with Crippen LogP contribution in [0.1, 0.15) is 142 Å². The fraction of sp³-hybridized carbons (Fsp3) is 0.780. The number of carbonyl (C=O) groups is 1. The van der Waals surface area contributed by atoms with E-state index in [1.54, 1.807) is 0 Å². The lowest BCUT2D eigenvalue weighted by Crippen LogP contribution is -2.64. The number of phosphoric ester groups is 1. The van der Waals surface area contributed by atoms with Gasteiger partial charge >= 0.3 is 13.8 Å². The van der Waals surface area contributed by atoms with E-state index in [2.05, 4.69) is 62.5 Å². The molecule has 1 fully saturated rings. The molecule has 0 heterocycles. The number of allylic oxidation sites excluding steroid dienone is 8. The van der Waals surface area contributed by atoms with E-state index in [1.165, 1.54) is 57.8 Å². The number of rotatable bonds is 33. The number of carbonyl (C=O) groups excluding carboxylic acids is 1. The molecule has 0 aromatic carbocycles. The Morgan fingerprint density at radius 3 is 1.59 bits per heavy atom. The van der Waals surface area contributed by atoms with Gasteiger partial charge in [0.1, 0.15) is 42.7 Å². The fourth-order valence-corrected chi connectivity index (χ4v) is 6.92. The average molecular weight is 789 g/mol. The van der Waals surface area contributed by atoms with Crippen LogP contribution in [-0.2, 0) is 27.9 Å². The summed E-state index contributed by atoms with van der Waals surface area (Å²) in [6, 6.07) is 0. The summed E-state index contributed by atoms with van der Waals surface area (Å²) in [5.41, 5.74) is 0. The van der Waals surface area contributed by atoms with Crippen molar-refractivity contribution in [1.82, 2.24) is 0 Å². The summed E-state index contributed by atoms with van der Waals surface area (Å²) in [6.07, 6.45) is 24.9. The van der Waals surface area contributed by atoms with E-state index in [-0.39, 0.29) is 13.0 Å². The highest BCUT2D eigenvalue weighted by molar-refractivity contribution is 7.47. The molecule has 0 aliphatic heterocycles. The third-order valence-corrected chi connectivity index (χ3v) is 10.2. The maximum absolute atomic E-state index is 12.8. The minimum absolute atomic E-state index is 0.114. The van der Waals surface area contributed by atoms with E-state index < -0.39 is 63.1 Å². The van der Waals surface area contributed by atoms with Gasteiger partial charge in [0.15, 0.2) is 0 Å². The van der Waals surface area contributed by atoms with Gasteiger partial charge in [-0.1, -0.05) is 140 Å². The first kappa shape index (κ1) is 50.3. The Morgan fingerprint density at radius 1 is 0.611 bits per heavy atom. The largest absolute Gasteiger partial charge is 0.472 e. The Morgan fingerprint density at radius 2 is 1.07 bits per heavy atom. The van der Waals surface area contributed by atoms with E-state index in [1.807, 2.05) is 0 Å². The Bertz CT molecular complexity index is 1080. The first-order valence-electron chi connectivity index (χ1n) is 20.5. The van der Waals surface area contributed by atoms with Gasteiger partial charge in [-0.3, -0.25) is 13.8 Å². The normalized spacial score (nSPS) is 23.9. The Balaban J connectivity index is 2.50. The van der Waals surface area contributed by atoms with Gasteiger partial charge in [-0.15, -0.1) is 0 Å². The van der Waals surface area contributed by atoms with Crippen molar-refractivity contribution in [3.8, 4) is 0 Å². The topological polar surface area (TPSA) is 192 Å². The van der Waals surface area contributed by atoms with Gasteiger partial charge in [0.25, 0.3) is 0 Å². The van der Waals surface area contributed by atoms with Crippen LogP contribution in [-0.4, -0.2) is 98.9 Å². The van der Waals surface area contributed by atoms with Crippen LogP contribution >= 0.6 is 7.82 Å². The number of aliphatic hydroxyl groups is 5. The van der Waals surface area contributed by atoms with Crippen molar-refractivity contribution < 1.29 is 58.3 Å². The van der Waals surface area contributed by atoms with Crippen molar-refractivity contribution in [2.75, 3.05) is 19.8 Å². The Kier molecular flexibility index (Phi) is 30.2. The van der Waals surface area contributed by atoms with Gasteiger partial charge in [0.05, 0.1) is 13.2 Å². The van der Waals surface area contributed by atoms with Gasteiger partial charge in [-0.25, -0.2) is 4.57 Å². The lowest BCUT2D eigenvalue weighted by molar-refractivity contribution is -0.220. The molecule has 54 heavy (non-hydrogen) atoms. The average Bonchev–Trinajstić information content (AvgIpc) is 3.15. The Hall–Kier alpha value is -1.70. The standard InChI is InChI=1S/C41H73O12P/c1-3-5-7-9-11-13-15-17-19-21-23-25-27-29-31-50-32-34(33-51-54(48,49)53-41-39(46)37(44)36(43)38(45)40(41)47)52-35(42)30-28-26-24-22-20-18-16-14-12-10-8-6-4-2/h5,7,11,13,17,19,23,25,34,36-41,43-47H,3-4,6,8-10,12,14-16,18,20-22,24,26-33H2,1-2H3,(H,48,49)/b7-5-,13-11-,19-17-,25-23-. The van der Waals surface area contributed by atoms with Crippen LogP contribution in [0.25, 0.3) is 0 Å². The zero-order valence-corrected chi connectivity index (χ0v) is 33.9. The number of ether oxygens (including phenoxy) is 2. The van der Waals surface area contributed by atoms with Crippen LogP contribution in [0.5, 0.6) is 0 Å². The molecule has 0 bridgehead atoms. The fourth-order valence-electron chi connectivity index (χ4n) is 5.95. The van der Waals surface area contributed by atoms with Crippen LogP contribution in [0.4, 0.5) is 0 Å². The van der Waals surface area contributed by atoms with E-state index >= 15 is 0 Å². The highest BCUT2D eigenvalue weighted by atomic mass is 31.2. The molecule has 0 aromatic heterocycles. The summed E-state index contributed by atoms with van der Waals surface area (Å²) in [5.74, 6) is -0.498. The van der Waals surface area contributed by atoms with Crippen LogP contribution in [0.3, 0.4) is 0 Å². The maximum atomic E-state index is 12.8. The lowest BCUT2D eigenvalue weighted by atomic mass is 9.85. The molecule has 12 nitrogen and oxygen atoms in total. The molecule has 0 radical (unpaired) electrons. The quantitative estimate of drug-likeness (QED) is 0.0169. The van der Waals surface area contributed by atoms with Crippen LogP contribution in [0, 0.1) is 0 Å². The summed E-state index contributed by atoms with van der Waals surface area (Å²) in [4.78, 5) is 23.0. The van der Waals surface area contributed by atoms with E-state index in [9.17, 15) is 39.8 Å². The molecule has 13 heteroatoms. The van der Waals surface area contributed by atoms with Gasteiger partial charge in [-0.05, 0) is 44.9 Å². The second-order valence-electron chi connectivity index (χ2n) is 14.1. The number of esters is 1. The number of phosphoric acid groups is 1. The molecular weight excluding hydrogens is 715 g/mol. The Labute approximate surface area is 325 Å². The molecule has 6 unspecified atom stereocenters. The first-order chi connectivity index (χ1) is 26.0. The predicted octanol–water partition coefficient (Wildman–Crippen LogP) is 7.30. The SMILES string of the molecule is CC/C=C\C/C=C\C/C=C\C/C=C\CCCOCC(COP(=O)(O)OC1C(O)C(O)C(O)C(O)C1O)OC(=O)CCCCCCCCCCCCCCC. The van der Waals surface area contributed by atoms with E-state index in [4.69, 9.17) is 18.5 Å². The summed E-state index contributed by atoms with van der Waals surface area (Å²) in [5, 5.41) is 50.0. The number of hydrogen-bond donors (Lipinski definition) is 6. The van der Waals surface area contributed by atoms with Crippen LogP contribution < -0.4 is 0 Å². The van der Waals surface area contributed by atoms with Crippen molar-refractivity contribution in [3.05, 3.63) is 48.6 Å². The van der Waals surface area contributed by atoms with Crippen LogP contribution in [0.2, 0.25) is 0 Å². The second kappa shape index (κ2) is 32.4. The summed E-state index contributed by atoms with van der Waals surface area (Å²) in [7, 11) is -5.02. The molecule has 0 spiro atoms. The van der Waals surface area contributed by atoms with Crippen molar-refractivity contribution >= 4 is 13.8 Å². The molecule has 6 N–H and O–H groups in total. The number of unbranched alkanes of at least 4 members (excludes halogenated alkanes) is 13. The zero-order valence-electron chi connectivity index (χ0n) is 33.0. The zero-order chi connectivity index (χ0) is 39.9. The van der Waals surface area contributed by atoms with E-state index in [0.717, 1.165) is 51.4 Å². The van der Waals surface area contributed by atoms with Crippen molar-refractivity contribution in [2.45, 2.75) is 185 Å². The molecule has 1 saturated carbocycles. The van der Waals surface area contributed by atoms with Crippen molar-refractivity contribution in [1.29, 1.82) is 0 Å². The summed E-state index contributed by atoms with van der Waals surface area (Å²) < 4.78 is 33.9. The molecule has 0 aromatic rings. The third-order valence-electron chi connectivity index (χ3n) is 9.22. The first-order valence-corrected chi connectivity index (χ1v) is 22.0. The molecule has 1 rings (SSSR count).